The molecular formula is C11H14Cl2O2S. The van der Waals surface area contributed by atoms with E-state index in [1.54, 1.807) is 6.07 Å². The van der Waals surface area contributed by atoms with Crippen molar-refractivity contribution < 1.29 is 8.42 Å². The van der Waals surface area contributed by atoms with Gasteiger partial charge in [-0.05, 0) is 30.0 Å². The third kappa shape index (κ3) is 2.53. The van der Waals surface area contributed by atoms with Gasteiger partial charge in [0.05, 0.1) is 10.0 Å². The Morgan fingerprint density at radius 2 is 1.75 bits per heavy atom. The molecule has 5 heteroatoms. The van der Waals surface area contributed by atoms with E-state index in [2.05, 4.69) is 0 Å². The average Bonchev–Trinajstić information content (AvgIpc) is 2.08. The summed E-state index contributed by atoms with van der Waals surface area (Å²) in [5, 5.41) is 0.431. The minimum atomic E-state index is -3.39. The molecule has 1 aromatic carbocycles. The standard InChI is InChI=1S/C11H14Cl2O2S/c1-6(2)8-5-9(12)11(16(4,14)15)10(13)7(8)3/h5-6H,1-4H3. The lowest BCUT2D eigenvalue weighted by molar-refractivity contribution is 0.602. The Bertz CT molecular complexity index is 519. The monoisotopic (exact) mass is 280 g/mol. The third-order valence-electron chi connectivity index (χ3n) is 2.45. The van der Waals surface area contributed by atoms with Gasteiger partial charge in [-0.3, -0.25) is 0 Å². The minimum absolute atomic E-state index is 0.0257. The van der Waals surface area contributed by atoms with Gasteiger partial charge in [0, 0.05) is 6.26 Å². The van der Waals surface area contributed by atoms with Crippen molar-refractivity contribution in [3.8, 4) is 0 Å². The zero-order chi connectivity index (χ0) is 12.7. The molecular weight excluding hydrogens is 267 g/mol. The quantitative estimate of drug-likeness (QED) is 0.825. The summed E-state index contributed by atoms with van der Waals surface area (Å²) in [7, 11) is -3.39. The van der Waals surface area contributed by atoms with Crippen molar-refractivity contribution in [3.63, 3.8) is 0 Å². The van der Waals surface area contributed by atoms with E-state index in [1.165, 1.54) is 0 Å². The Labute approximate surface area is 106 Å². The number of rotatable bonds is 2. The van der Waals surface area contributed by atoms with Crippen LogP contribution in [-0.2, 0) is 9.84 Å². The van der Waals surface area contributed by atoms with Crippen LogP contribution in [0.15, 0.2) is 11.0 Å². The van der Waals surface area contributed by atoms with Crippen molar-refractivity contribution in [2.75, 3.05) is 6.26 Å². The molecule has 2 nitrogen and oxygen atoms in total. The fourth-order valence-corrected chi connectivity index (χ4v) is 3.86. The topological polar surface area (TPSA) is 34.1 Å². The van der Waals surface area contributed by atoms with Crippen LogP contribution in [0.4, 0.5) is 0 Å². The lowest BCUT2D eigenvalue weighted by atomic mass is 9.98. The average molecular weight is 281 g/mol. The maximum absolute atomic E-state index is 11.5. The van der Waals surface area contributed by atoms with Crippen LogP contribution >= 0.6 is 23.2 Å². The van der Waals surface area contributed by atoms with Gasteiger partial charge in [-0.25, -0.2) is 8.42 Å². The van der Waals surface area contributed by atoms with Crippen molar-refractivity contribution >= 4 is 33.0 Å². The largest absolute Gasteiger partial charge is 0.224 e. The fraction of sp³-hybridized carbons (Fsp3) is 0.455. The summed E-state index contributed by atoms with van der Waals surface area (Å²) in [5.74, 6) is 0.253. The van der Waals surface area contributed by atoms with Crippen molar-refractivity contribution in [1.82, 2.24) is 0 Å². The lowest BCUT2D eigenvalue weighted by Gasteiger charge is -2.15. The smallest absolute Gasteiger partial charge is 0.178 e. The van der Waals surface area contributed by atoms with Gasteiger partial charge in [0.1, 0.15) is 4.90 Å². The Hall–Kier alpha value is -0.250. The van der Waals surface area contributed by atoms with Gasteiger partial charge in [-0.15, -0.1) is 0 Å². The molecule has 90 valence electrons. The number of benzene rings is 1. The number of hydrogen-bond acceptors (Lipinski definition) is 2. The molecule has 0 fully saturated rings. The summed E-state index contributed by atoms with van der Waals surface area (Å²) >= 11 is 12.0. The van der Waals surface area contributed by atoms with Gasteiger partial charge in [0.15, 0.2) is 9.84 Å². The van der Waals surface area contributed by atoms with Crippen LogP contribution < -0.4 is 0 Å². The lowest BCUT2D eigenvalue weighted by Crippen LogP contribution is -2.03. The molecule has 0 radical (unpaired) electrons. The summed E-state index contributed by atoms with van der Waals surface area (Å²) in [4.78, 5) is 0.0257. The fourth-order valence-electron chi connectivity index (χ4n) is 1.65. The predicted molar refractivity (Wildman–Crippen MR) is 68.4 cm³/mol. The van der Waals surface area contributed by atoms with Gasteiger partial charge in [-0.1, -0.05) is 37.0 Å². The molecule has 0 aromatic heterocycles. The van der Waals surface area contributed by atoms with Crippen LogP contribution in [0.25, 0.3) is 0 Å². The summed E-state index contributed by atoms with van der Waals surface area (Å²) < 4.78 is 23.1. The maximum atomic E-state index is 11.5. The molecule has 0 saturated carbocycles. The molecule has 0 N–H and O–H groups in total. The van der Waals surface area contributed by atoms with Crippen molar-refractivity contribution in [2.24, 2.45) is 0 Å². The van der Waals surface area contributed by atoms with Crippen molar-refractivity contribution in [2.45, 2.75) is 31.6 Å². The predicted octanol–water partition coefficient (Wildman–Crippen LogP) is 3.83. The van der Waals surface area contributed by atoms with E-state index in [4.69, 9.17) is 23.2 Å². The maximum Gasteiger partial charge on any atom is 0.178 e. The molecule has 0 aliphatic carbocycles. The molecule has 0 amide bonds. The third-order valence-corrected chi connectivity index (χ3v) is 4.61. The van der Waals surface area contributed by atoms with Gasteiger partial charge >= 0.3 is 0 Å². The van der Waals surface area contributed by atoms with Crippen LogP contribution in [0.3, 0.4) is 0 Å². The van der Waals surface area contributed by atoms with E-state index in [9.17, 15) is 8.42 Å². The molecule has 0 spiro atoms. The zero-order valence-electron chi connectivity index (χ0n) is 9.64. The Morgan fingerprint density at radius 3 is 2.12 bits per heavy atom. The van der Waals surface area contributed by atoms with E-state index >= 15 is 0 Å². The molecule has 0 saturated heterocycles. The zero-order valence-corrected chi connectivity index (χ0v) is 12.0. The minimum Gasteiger partial charge on any atom is -0.224 e. The van der Waals surface area contributed by atoms with E-state index in [0.29, 0.717) is 0 Å². The van der Waals surface area contributed by atoms with Gasteiger partial charge < -0.3 is 0 Å². The van der Waals surface area contributed by atoms with Crippen LogP contribution in [0, 0.1) is 6.92 Å². The first-order valence-electron chi connectivity index (χ1n) is 4.84. The molecule has 0 aliphatic heterocycles. The van der Waals surface area contributed by atoms with Crippen LogP contribution in [-0.4, -0.2) is 14.7 Å². The molecule has 0 aliphatic rings. The first-order chi connectivity index (χ1) is 7.16. The van der Waals surface area contributed by atoms with Gasteiger partial charge in [-0.2, -0.15) is 0 Å². The molecule has 1 aromatic rings. The highest BCUT2D eigenvalue weighted by Gasteiger charge is 2.21. The highest BCUT2D eigenvalue weighted by Crippen LogP contribution is 2.36. The number of halogens is 2. The Morgan fingerprint density at radius 1 is 1.25 bits per heavy atom. The first-order valence-corrected chi connectivity index (χ1v) is 7.49. The second kappa shape index (κ2) is 4.55. The molecule has 0 bridgehead atoms. The van der Waals surface area contributed by atoms with Crippen molar-refractivity contribution in [3.05, 3.63) is 27.2 Å². The Kier molecular flexibility index (Phi) is 3.93. The summed E-state index contributed by atoms with van der Waals surface area (Å²) in [6, 6.07) is 1.68. The normalized spacial score (nSPS) is 12.2. The van der Waals surface area contributed by atoms with Crippen LogP contribution in [0.5, 0.6) is 0 Å². The van der Waals surface area contributed by atoms with E-state index in [0.717, 1.165) is 17.4 Å². The van der Waals surface area contributed by atoms with Gasteiger partial charge in [0.2, 0.25) is 0 Å². The van der Waals surface area contributed by atoms with E-state index in [1.807, 2.05) is 20.8 Å². The highest BCUT2D eigenvalue weighted by molar-refractivity contribution is 7.91. The van der Waals surface area contributed by atoms with E-state index < -0.39 is 9.84 Å². The molecule has 0 heterocycles. The summed E-state index contributed by atoms with van der Waals surface area (Å²) in [5.41, 5.74) is 1.75. The van der Waals surface area contributed by atoms with Crippen LogP contribution in [0.2, 0.25) is 10.0 Å². The summed E-state index contributed by atoms with van der Waals surface area (Å²) in [6.45, 7) is 5.83. The number of hydrogen-bond donors (Lipinski definition) is 0. The molecule has 0 unspecified atom stereocenters. The number of sulfone groups is 1. The second-order valence-corrected chi connectivity index (χ2v) is 6.88. The molecule has 16 heavy (non-hydrogen) atoms. The molecule has 1 rings (SSSR count). The SMILES string of the molecule is Cc1c(C(C)C)cc(Cl)c(S(C)(=O)=O)c1Cl. The summed E-state index contributed by atoms with van der Waals surface area (Å²) in [6.07, 6.45) is 1.11. The second-order valence-electron chi connectivity index (χ2n) is 4.14. The highest BCUT2D eigenvalue weighted by atomic mass is 35.5. The van der Waals surface area contributed by atoms with Crippen LogP contribution in [0.1, 0.15) is 30.9 Å². The first kappa shape index (κ1) is 13.8. The van der Waals surface area contributed by atoms with E-state index in [-0.39, 0.29) is 20.9 Å². The Balaban J connectivity index is 3.66. The van der Waals surface area contributed by atoms with Crippen molar-refractivity contribution in [1.29, 1.82) is 0 Å². The molecule has 0 atom stereocenters. The van der Waals surface area contributed by atoms with Gasteiger partial charge in [0.25, 0.3) is 0 Å².